The van der Waals surface area contributed by atoms with Gasteiger partial charge < -0.3 is 10.1 Å². The number of nitrogens with zero attached hydrogens (tertiary/aromatic N) is 1. The number of piperidine rings is 1. The Morgan fingerprint density at radius 3 is 2.66 bits per heavy atom. The molecule has 0 spiro atoms. The van der Waals surface area contributed by atoms with E-state index in [4.69, 9.17) is 4.74 Å². The second-order valence-corrected chi connectivity index (χ2v) is 9.57. The van der Waals surface area contributed by atoms with E-state index in [9.17, 15) is 17.6 Å². The van der Waals surface area contributed by atoms with E-state index in [1.807, 2.05) is 6.92 Å². The summed E-state index contributed by atoms with van der Waals surface area (Å²) in [5.74, 6) is -0.900. The molecule has 3 rings (SSSR count). The molecule has 0 bridgehead atoms. The maximum Gasteiger partial charge on any atom is 0.243 e. The van der Waals surface area contributed by atoms with Crippen LogP contribution in [0.3, 0.4) is 0 Å². The number of ether oxygens (including phenoxy) is 1. The number of halogens is 2. The standard InChI is InChI=1S/C20H22BrFN2O4S/c1-2-28-16-6-8-17(9-7-16)29(26,27)24-11-3-4-14(13-24)20(25)23-19-10-5-15(21)12-18(19)22/h5-10,12,14H,2-4,11,13H2,1H3,(H,23,25)/t14-/m1/s1. The van der Waals surface area contributed by atoms with Crippen molar-refractivity contribution in [1.29, 1.82) is 0 Å². The number of hydrogen-bond acceptors (Lipinski definition) is 4. The van der Waals surface area contributed by atoms with E-state index in [-0.39, 0.29) is 17.1 Å². The summed E-state index contributed by atoms with van der Waals surface area (Å²) >= 11 is 3.17. The first-order valence-corrected chi connectivity index (χ1v) is 11.5. The van der Waals surface area contributed by atoms with Gasteiger partial charge >= 0.3 is 0 Å². The first-order chi connectivity index (χ1) is 13.8. The van der Waals surface area contributed by atoms with Gasteiger partial charge in [0.2, 0.25) is 15.9 Å². The molecular formula is C20H22BrFN2O4S. The van der Waals surface area contributed by atoms with Crippen LogP contribution in [0.1, 0.15) is 19.8 Å². The van der Waals surface area contributed by atoms with Gasteiger partial charge in [-0.1, -0.05) is 15.9 Å². The van der Waals surface area contributed by atoms with Crippen molar-refractivity contribution in [3.8, 4) is 5.75 Å². The van der Waals surface area contributed by atoms with E-state index < -0.39 is 27.7 Å². The molecule has 0 aliphatic carbocycles. The first kappa shape index (κ1) is 21.7. The quantitative estimate of drug-likeness (QED) is 0.671. The highest BCUT2D eigenvalue weighted by Gasteiger charge is 2.33. The van der Waals surface area contributed by atoms with E-state index in [0.717, 1.165) is 0 Å². The van der Waals surface area contributed by atoms with Gasteiger partial charge in [0, 0.05) is 17.6 Å². The molecule has 0 saturated carbocycles. The average molecular weight is 485 g/mol. The fourth-order valence-electron chi connectivity index (χ4n) is 3.22. The third kappa shape index (κ3) is 5.15. The molecule has 29 heavy (non-hydrogen) atoms. The molecule has 9 heteroatoms. The smallest absolute Gasteiger partial charge is 0.243 e. The Hall–Kier alpha value is -1.97. The van der Waals surface area contributed by atoms with Crippen molar-refractivity contribution in [3.05, 3.63) is 52.8 Å². The van der Waals surface area contributed by atoms with E-state index in [1.165, 1.54) is 28.6 Å². The lowest BCUT2D eigenvalue weighted by atomic mass is 9.98. The van der Waals surface area contributed by atoms with Gasteiger partial charge in [-0.15, -0.1) is 0 Å². The number of rotatable bonds is 6. The van der Waals surface area contributed by atoms with E-state index in [1.54, 1.807) is 18.2 Å². The molecule has 156 valence electrons. The Bertz CT molecular complexity index is 982. The van der Waals surface area contributed by atoms with Gasteiger partial charge in [0.25, 0.3) is 0 Å². The van der Waals surface area contributed by atoms with Crippen molar-refractivity contribution in [1.82, 2.24) is 4.31 Å². The average Bonchev–Trinajstić information content (AvgIpc) is 2.71. The van der Waals surface area contributed by atoms with Gasteiger partial charge in [-0.05, 0) is 62.2 Å². The summed E-state index contributed by atoms with van der Waals surface area (Å²) < 4.78 is 47.1. The van der Waals surface area contributed by atoms with Crippen LogP contribution < -0.4 is 10.1 Å². The minimum atomic E-state index is -3.73. The first-order valence-electron chi connectivity index (χ1n) is 9.30. The van der Waals surface area contributed by atoms with Gasteiger partial charge in [-0.25, -0.2) is 12.8 Å². The summed E-state index contributed by atoms with van der Waals surface area (Å²) in [6.07, 6.45) is 1.09. The molecule has 6 nitrogen and oxygen atoms in total. The fourth-order valence-corrected chi connectivity index (χ4v) is 5.08. The van der Waals surface area contributed by atoms with Crippen molar-refractivity contribution in [2.24, 2.45) is 5.92 Å². The number of nitrogens with one attached hydrogen (secondary N) is 1. The number of amides is 1. The maximum absolute atomic E-state index is 14.0. The molecule has 1 saturated heterocycles. The molecule has 1 N–H and O–H groups in total. The lowest BCUT2D eigenvalue weighted by molar-refractivity contribution is -0.120. The van der Waals surface area contributed by atoms with Crippen molar-refractivity contribution in [3.63, 3.8) is 0 Å². The second-order valence-electron chi connectivity index (χ2n) is 6.72. The zero-order valence-electron chi connectivity index (χ0n) is 15.9. The molecular weight excluding hydrogens is 463 g/mol. The van der Waals surface area contributed by atoms with Gasteiger partial charge in [0.1, 0.15) is 11.6 Å². The summed E-state index contributed by atoms with van der Waals surface area (Å²) in [6, 6.07) is 10.6. The zero-order chi connectivity index (χ0) is 21.0. The van der Waals surface area contributed by atoms with Gasteiger partial charge in [0.05, 0.1) is 23.1 Å². The van der Waals surface area contributed by atoms with E-state index >= 15 is 0 Å². The molecule has 1 heterocycles. The number of benzene rings is 2. The van der Waals surface area contributed by atoms with E-state index in [2.05, 4.69) is 21.2 Å². The van der Waals surface area contributed by atoms with Crippen LogP contribution in [0.4, 0.5) is 10.1 Å². The summed E-state index contributed by atoms with van der Waals surface area (Å²) in [5.41, 5.74) is 0.0738. The normalized spacial score (nSPS) is 17.7. The lowest BCUT2D eigenvalue weighted by Gasteiger charge is -2.31. The molecule has 0 aromatic heterocycles. The van der Waals surface area contributed by atoms with Crippen molar-refractivity contribution >= 4 is 37.5 Å². The number of sulfonamides is 1. The number of hydrogen-bond donors (Lipinski definition) is 1. The third-order valence-corrected chi connectivity index (χ3v) is 7.09. The number of carbonyl (C=O) groups is 1. The predicted octanol–water partition coefficient (Wildman–Crippen LogP) is 4.03. The van der Waals surface area contributed by atoms with Crippen LogP contribution in [-0.4, -0.2) is 38.3 Å². The third-order valence-electron chi connectivity index (χ3n) is 4.72. The Balaban J connectivity index is 1.71. The van der Waals surface area contributed by atoms with Crippen LogP contribution in [-0.2, 0) is 14.8 Å². The largest absolute Gasteiger partial charge is 0.494 e. The van der Waals surface area contributed by atoms with Crippen LogP contribution in [0.15, 0.2) is 51.8 Å². The Kier molecular flexibility index (Phi) is 6.92. The van der Waals surface area contributed by atoms with Gasteiger partial charge in [-0.3, -0.25) is 4.79 Å². The highest BCUT2D eigenvalue weighted by molar-refractivity contribution is 9.10. The van der Waals surface area contributed by atoms with Crippen LogP contribution >= 0.6 is 15.9 Å². The lowest BCUT2D eigenvalue weighted by Crippen LogP contribution is -2.43. The Morgan fingerprint density at radius 1 is 1.28 bits per heavy atom. The molecule has 2 aromatic rings. The summed E-state index contributed by atoms with van der Waals surface area (Å²) in [7, 11) is -3.73. The fraction of sp³-hybridized carbons (Fsp3) is 0.350. The molecule has 1 amide bonds. The Labute approximate surface area is 178 Å². The SMILES string of the molecule is CCOc1ccc(S(=O)(=O)N2CCC[C@@H](C(=O)Nc3ccc(Br)cc3F)C2)cc1. The number of carbonyl (C=O) groups excluding carboxylic acids is 1. The topological polar surface area (TPSA) is 75.7 Å². The summed E-state index contributed by atoms with van der Waals surface area (Å²) in [4.78, 5) is 12.8. The van der Waals surface area contributed by atoms with Crippen LogP contribution in [0.25, 0.3) is 0 Å². The molecule has 0 unspecified atom stereocenters. The van der Waals surface area contributed by atoms with Crippen LogP contribution in [0.5, 0.6) is 5.75 Å². The molecule has 1 atom stereocenters. The predicted molar refractivity (Wildman–Crippen MR) is 112 cm³/mol. The van der Waals surface area contributed by atoms with Crippen molar-refractivity contribution in [2.75, 3.05) is 25.0 Å². The summed E-state index contributed by atoms with van der Waals surface area (Å²) in [5, 5.41) is 2.57. The van der Waals surface area contributed by atoms with Crippen LogP contribution in [0, 0.1) is 11.7 Å². The molecule has 2 aromatic carbocycles. The minimum Gasteiger partial charge on any atom is -0.494 e. The molecule has 0 radical (unpaired) electrons. The summed E-state index contributed by atoms with van der Waals surface area (Å²) in [6.45, 7) is 2.74. The highest BCUT2D eigenvalue weighted by atomic mass is 79.9. The molecule has 1 aliphatic rings. The molecule has 1 fully saturated rings. The van der Waals surface area contributed by atoms with Crippen molar-refractivity contribution < 1.29 is 22.3 Å². The zero-order valence-corrected chi connectivity index (χ0v) is 18.3. The van der Waals surface area contributed by atoms with Gasteiger partial charge in [-0.2, -0.15) is 4.31 Å². The minimum absolute atomic E-state index is 0.0551. The second kappa shape index (κ2) is 9.23. The monoisotopic (exact) mass is 484 g/mol. The van der Waals surface area contributed by atoms with Crippen LogP contribution in [0.2, 0.25) is 0 Å². The maximum atomic E-state index is 14.0. The number of anilines is 1. The highest BCUT2D eigenvalue weighted by Crippen LogP contribution is 2.27. The van der Waals surface area contributed by atoms with Crippen molar-refractivity contribution in [2.45, 2.75) is 24.7 Å². The Morgan fingerprint density at radius 2 is 2.00 bits per heavy atom. The molecule has 1 aliphatic heterocycles. The van der Waals surface area contributed by atoms with E-state index in [0.29, 0.717) is 36.2 Å². The van der Waals surface area contributed by atoms with Gasteiger partial charge in [0.15, 0.2) is 0 Å².